The summed E-state index contributed by atoms with van der Waals surface area (Å²) in [6, 6.07) is 12.2. The Kier molecular flexibility index (Phi) is 7.73. The molecule has 0 aromatic heterocycles. The minimum atomic E-state index is -4.41. The van der Waals surface area contributed by atoms with Crippen LogP contribution in [0.2, 0.25) is 0 Å². The predicted octanol–water partition coefficient (Wildman–Crippen LogP) is 5.32. The summed E-state index contributed by atoms with van der Waals surface area (Å²) in [5, 5.41) is 3.06. The SMILES string of the molecule is CC(=O)Oc1cccc([C@@]23CCN(CC4CC4)C[C@H]2CC[C@H](NC(=O)C#Cc2ccc(C(F)(F)F)cc2)C3)c1. The minimum Gasteiger partial charge on any atom is -0.427 e. The zero-order valence-electron chi connectivity index (χ0n) is 22.0. The van der Waals surface area contributed by atoms with Crippen LogP contribution in [-0.4, -0.2) is 42.5 Å². The van der Waals surface area contributed by atoms with Gasteiger partial charge in [0.25, 0.3) is 5.91 Å². The van der Waals surface area contributed by atoms with Crippen molar-refractivity contribution in [1.29, 1.82) is 0 Å². The Morgan fingerprint density at radius 3 is 2.56 bits per heavy atom. The summed E-state index contributed by atoms with van der Waals surface area (Å²) in [5.74, 6) is 6.21. The number of halogens is 3. The first kappa shape index (κ1) is 27.3. The van der Waals surface area contributed by atoms with Crippen LogP contribution in [-0.2, 0) is 21.2 Å². The molecule has 2 saturated carbocycles. The Balaban J connectivity index is 1.31. The normalized spacial score (nSPS) is 25.1. The second kappa shape index (κ2) is 11.1. The van der Waals surface area contributed by atoms with E-state index in [1.165, 1.54) is 31.9 Å². The van der Waals surface area contributed by atoms with Crippen LogP contribution >= 0.6 is 0 Å². The van der Waals surface area contributed by atoms with Crippen molar-refractivity contribution in [2.24, 2.45) is 11.8 Å². The highest BCUT2D eigenvalue weighted by molar-refractivity contribution is 5.94. The molecule has 2 aliphatic carbocycles. The summed E-state index contributed by atoms with van der Waals surface area (Å²) in [6.07, 6.45) is 1.72. The number of carbonyl (C=O) groups is 2. The van der Waals surface area contributed by atoms with E-state index >= 15 is 0 Å². The van der Waals surface area contributed by atoms with Gasteiger partial charge in [-0.25, -0.2) is 0 Å². The second-order valence-corrected chi connectivity index (χ2v) is 11.2. The van der Waals surface area contributed by atoms with E-state index < -0.39 is 17.6 Å². The van der Waals surface area contributed by atoms with Crippen LogP contribution in [0.4, 0.5) is 13.2 Å². The first-order chi connectivity index (χ1) is 18.6. The molecule has 1 amide bonds. The fourth-order valence-electron chi connectivity index (χ4n) is 6.30. The lowest BCUT2D eigenvalue weighted by Crippen LogP contribution is -2.56. The number of rotatable bonds is 5. The quantitative estimate of drug-likeness (QED) is 0.318. The van der Waals surface area contributed by atoms with E-state index in [9.17, 15) is 22.8 Å². The molecular formula is C31H33F3N2O3. The number of hydrogen-bond donors (Lipinski definition) is 1. The van der Waals surface area contributed by atoms with Gasteiger partial charge in [-0.05, 0) is 98.9 Å². The molecule has 1 saturated heterocycles. The number of alkyl halides is 3. The number of likely N-dealkylation sites (tertiary alicyclic amines) is 1. The van der Waals surface area contributed by atoms with Gasteiger partial charge in [0.2, 0.25) is 0 Å². The molecule has 0 spiro atoms. The lowest BCUT2D eigenvalue weighted by atomic mass is 9.58. The summed E-state index contributed by atoms with van der Waals surface area (Å²) in [7, 11) is 0. The van der Waals surface area contributed by atoms with Crippen molar-refractivity contribution >= 4 is 11.9 Å². The van der Waals surface area contributed by atoms with Gasteiger partial charge in [-0.2, -0.15) is 13.2 Å². The van der Waals surface area contributed by atoms with Crippen LogP contribution in [0.1, 0.15) is 62.1 Å². The van der Waals surface area contributed by atoms with Crippen molar-refractivity contribution in [2.45, 2.75) is 63.1 Å². The average molecular weight is 539 g/mol. The molecule has 0 radical (unpaired) electrons. The molecular weight excluding hydrogens is 505 g/mol. The van der Waals surface area contributed by atoms with Crippen molar-refractivity contribution in [2.75, 3.05) is 19.6 Å². The molecule has 2 aromatic rings. The number of ether oxygens (including phenoxy) is 1. The molecule has 3 fully saturated rings. The van der Waals surface area contributed by atoms with Gasteiger partial charge in [0.15, 0.2) is 0 Å². The first-order valence-corrected chi connectivity index (χ1v) is 13.6. The van der Waals surface area contributed by atoms with Gasteiger partial charge in [-0.1, -0.05) is 18.1 Å². The van der Waals surface area contributed by atoms with E-state index in [-0.39, 0.29) is 17.4 Å². The monoisotopic (exact) mass is 538 g/mol. The number of nitrogens with zero attached hydrogens (tertiary/aromatic N) is 1. The van der Waals surface area contributed by atoms with Crippen LogP contribution in [0.15, 0.2) is 48.5 Å². The zero-order chi connectivity index (χ0) is 27.6. The third-order valence-electron chi connectivity index (χ3n) is 8.36. The van der Waals surface area contributed by atoms with Gasteiger partial charge in [-0.3, -0.25) is 9.59 Å². The number of hydrogen-bond acceptors (Lipinski definition) is 4. The number of esters is 1. The van der Waals surface area contributed by atoms with Gasteiger partial charge in [0.05, 0.1) is 5.56 Å². The van der Waals surface area contributed by atoms with E-state index in [1.807, 2.05) is 12.1 Å². The molecule has 0 bridgehead atoms. The molecule has 0 unspecified atom stereocenters. The Hall–Kier alpha value is -3.31. The number of amides is 1. The van der Waals surface area contributed by atoms with Crippen molar-refractivity contribution in [3.63, 3.8) is 0 Å². The lowest BCUT2D eigenvalue weighted by Gasteiger charge is -2.53. The predicted molar refractivity (Wildman–Crippen MR) is 141 cm³/mol. The maximum Gasteiger partial charge on any atom is 0.416 e. The number of carbonyl (C=O) groups excluding carboxylic acids is 2. The second-order valence-electron chi connectivity index (χ2n) is 11.2. The summed E-state index contributed by atoms with van der Waals surface area (Å²) < 4.78 is 43.8. The molecule has 39 heavy (non-hydrogen) atoms. The van der Waals surface area contributed by atoms with Gasteiger partial charge in [-0.15, -0.1) is 0 Å². The van der Waals surface area contributed by atoms with Crippen molar-refractivity contribution < 1.29 is 27.5 Å². The molecule has 1 aliphatic heterocycles. The lowest BCUT2D eigenvalue weighted by molar-refractivity contribution is -0.137. The third kappa shape index (κ3) is 6.65. The number of piperidine rings is 1. The van der Waals surface area contributed by atoms with Crippen LogP contribution < -0.4 is 10.1 Å². The van der Waals surface area contributed by atoms with E-state index in [0.717, 1.165) is 68.9 Å². The van der Waals surface area contributed by atoms with E-state index in [1.54, 1.807) is 6.07 Å². The number of fused-ring (bicyclic) bond motifs is 1. The van der Waals surface area contributed by atoms with Gasteiger partial charge in [0, 0.05) is 43.0 Å². The Labute approximate surface area is 227 Å². The molecule has 3 aliphatic rings. The average Bonchev–Trinajstić information content (AvgIpc) is 3.71. The molecule has 2 aromatic carbocycles. The highest BCUT2D eigenvalue weighted by Gasteiger charge is 2.48. The van der Waals surface area contributed by atoms with Crippen LogP contribution in [0.3, 0.4) is 0 Å². The molecule has 206 valence electrons. The molecule has 1 heterocycles. The maximum absolute atomic E-state index is 12.8. The summed E-state index contributed by atoms with van der Waals surface area (Å²) >= 11 is 0. The fraction of sp³-hybridized carbons (Fsp3) is 0.484. The Bertz CT molecular complexity index is 1280. The molecule has 5 nitrogen and oxygen atoms in total. The first-order valence-electron chi connectivity index (χ1n) is 13.6. The number of nitrogens with one attached hydrogen (secondary N) is 1. The van der Waals surface area contributed by atoms with E-state index in [2.05, 4.69) is 28.1 Å². The molecule has 5 rings (SSSR count). The Morgan fingerprint density at radius 2 is 1.87 bits per heavy atom. The van der Waals surface area contributed by atoms with Crippen molar-refractivity contribution in [1.82, 2.24) is 10.2 Å². The van der Waals surface area contributed by atoms with Crippen LogP contribution in [0.25, 0.3) is 0 Å². The van der Waals surface area contributed by atoms with Crippen molar-refractivity contribution in [3.8, 4) is 17.6 Å². The van der Waals surface area contributed by atoms with Gasteiger partial charge in [0.1, 0.15) is 5.75 Å². The highest BCUT2D eigenvalue weighted by atomic mass is 19.4. The summed E-state index contributed by atoms with van der Waals surface area (Å²) in [4.78, 5) is 26.9. The molecule has 1 N–H and O–H groups in total. The van der Waals surface area contributed by atoms with Crippen molar-refractivity contribution in [3.05, 3.63) is 65.2 Å². The highest BCUT2D eigenvalue weighted by Crippen LogP contribution is 2.50. The van der Waals surface area contributed by atoms with Crippen LogP contribution in [0.5, 0.6) is 5.75 Å². The maximum atomic E-state index is 12.8. The van der Waals surface area contributed by atoms with Crippen LogP contribution in [0, 0.1) is 23.7 Å². The zero-order valence-corrected chi connectivity index (χ0v) is 22.0. The van der Waals surface area contributed by atoms with Gasteiger partial charge >= 0.3 is 12.1 Å². The largest absolute Gasteiger partial charge is 0.427 e. The Morgan fingerprint density at radius 1 is 1.10 bits per heavy atom. The topological polar surface area (TPSA) is 58.6 Å². The minimum absolute atomic E-state index is 0.0805. The molecule has 8 heteroatoms. The standard InChI is InChI=1S/C31H33F3N2O3/c1-21(37)39-28-4-2-3-25(17-28)30-15-16-36(19-23-5-6-23)20-26(30)12-13-27(18-30)35-29(38)14-9-22-7-10-24(11-8-22)31(32,33)34/h2-4,7-8,10-11,17,23,26-27H,5-6,12-13,15-16,18-20H2,1H3,(H,35,38)/t26-,27+,30+/m1/s1. The number of benzene rings is 2. The van der Waals surface area contributed by atoms with E-state index in [0.29, 0.717) is 17.2 Å². The summed E-state index contributed by atoms with van der Waals surface area (Å²) in [6.45, 7) is 4.55. The van der Waals surface area contributed by atoms with E-state index in [4.69, 9.17) is 4.74 Å². The third-order valence-corrected chi connectivity index (χ3v) is 8.36. The van der Waals surface area contributed by atoms with Gasteiger partial charge < -0.3 is 15.0 Å². The molecule has 3 atom stereocenters. The fourth-order valence-corrected chi connectivity index (χ4v) is 6.30. The smallest absolute Gasteiger partial charge is 0.416 e. The summed E-state index contributed by atoms with van der Waals surface area (Å²) in [5.41, 5.74) is 0.573.